The van der Waals surface area contributed by atoms with Crippen LogP contribution in [0.4, 0.5) is 0 Å². The minimum Gasteiger partial charge on any atom is -0.496 e. The number of nitrogens with zero attached hydrogens (tertiary/aromatic N) is 2. The van der Waals surface area contributed by atoms with Gasteiger partial charge in [0, 0.05) is 35.5 Å². The zero-order valence-electron chi connectivity index (χ0n) is 16.6. The standard InChI is InChI=1S/C23H26N2O2.ClH/c1-25(2)14-19-17(8-6-10-23(19)27-3)18-13-21-16(12-22(18)26)11-15-7-4-5-9-20(15)24-21;/h4-11,18,22,26H,12-14H2,1-3H3;1H. The molecular formula is C23H27ClN2O2. The predicted molar refractivity (Wildman–Crippen MR) is 116 cm³/mol. The SMILES string of the molecule is COc1cccc(C2Cc3nc4ccccc4cc3CC2O)c1CN(C)C.Cl. The fourth-order valence-corrected chi connectivity index (χ4v) is 4.19. The minimum absolute atomic E-state index is 0. The third kappa shape index (κ3) is 3.86. The lowest BCUT2D eigenvalue weighted by atomic mass is 9.78. The molecule has 1 aromatic heterocycles. The van der Waals surface area contributed by atoms with Gasteiger partial charge in [-0.25, -0.2) is 0 Å². The van der Waals surface area contributed by atoms with Crippen molar-refractivity contribution in [2.24, 2.45) is 0 Å². The smallest absolute Gasteiger partial charge is 0.123 e. The van der Waals surface area contributed by atoms with Gasteiger partial charge in [0.2, 0.25) is 0 Å². The second-order valence-corrected chi connectivity index (χ2v) is 7.63. The molecule has 28 heavy (non-hydrogen) atoms. The summed E-state index contributed by atoms with van der Waals surface area (Å²) >= 11 is 0. The molecule has 2 unspecified atom stereocenters. The molecule has 1 heterocycles. The molecule has 0 saturated carbocycles. The van der Waals surface area contributed by atoms with Crippen molar-refractivity contribution in [1.82, 2.24) is 9.88 Å². The van der Waals surface area contributed by atoms with E-state index in [9.17, 15) is 5.11 Å². The summed E-state index contributed by atoms with van der Waals surface area (Å²) < 4.78 is 5.62. The van der Waals surface area contributed by atoms with Gasteiger partial charge in [0.15, 0.2) is 0 Å². The quantitative estimate of drug-likeness (QED) is 0.722. The number of benzene rings is 2. The van der Waals surface area contributed by atoms with Crippen molar-refractivity contribution in [3.05, 3.63) is 70.9 Å². The van der Waals surface area contributed by atoms with Gasteiger partial charge in [0.1, 0.15) is 5.75 Å². The predicted octanol–water partition coefficient (Wildman–Crippen LogP) is 3.97. The average molecular weight is 399 g/mol. The van der Waals surface area contributed by atoms with Crippen molar-refractivity contribution >= 4 is 23.3 Å². The Kier molecular flexibility index (Phi) is 6.23. The molecule has 1 aliphatic rings. The Morgan fingerprint density at radius 3 is 2.64 bits per heavy atom. The van der Waals surface area contributed by atoms with E-state index in [-0.39, 0.29) is 18.3 Å². The van der Waals surface area contributed by atoms with Crippen LogP contribution in [0.2, 0.25) is 0 Å². The molecule has 2 atom stereocenters. The summed E-state index contributed by atoms with van der Waals surface area (Å²) in [5.41, 5.74) is 5.59. The number of ether oxygens (including phenoxy) is 1. The number of rotatable bonds is 4. The van der Waals surface area contributed by atoms with Gasteiger partial charge in [-0.3, -0.25) is 4.98 Å². The Bertz CT molecular complexity index is 974. The lowest BCUT2D eigenvalue weighted by Gasteiger charge is -2.32. The molecule has 3 aromatic rings. The Balaban J connectivity index is 0.00000225. The second kappa shape index (κ2) is 8.48. The number of pyridine rings is 1. The fraction of sp³-hybridized carbons (Fsp3) is 0.348. The lowest BCUT2D eigenvalue weighted by molar-refractivity contribution is 0.133. The number of para-hydroxylation sites is 1. The van der Waals surface area contributed by atoms with Gasteiger partial charge in [0.25, 0.3) is 0 Å². The van der Waals surface area contributed by atoms with E-state index in [4.69, 9.17) is 9.72 Å². The van der Waals surface area contributed by atoms with Crippen LogP contribution in [0.1, 0.15) is 28.3 Å². The number of aliphatic hydroxyl groups excluding tert-OH is 1. The first-order chi connectivity index (χ1) is 13.1. The van der Waals surface area contributed by atoms with Crippen LogP contribution in [-0.4, -0.2) is 42.3 Å². The molecule has 148 valence electrons. The lowest BCUT2D eigenvalue weighted by Crippen LogP contribution is -2.30. The molecule has 0 bridgehead atoms. The highest BCUT2D eigenvalue weighted by Gasteiger charge is 2.31. The van der Waals surface area contributed by atoms with Crippen LogP contribution in [0.5, 0.6) is 5.75 Å². The summed E-state index contributed by atoms with van der Waals surface area (Å²) in [6, 6.07) is 16.5. The van der Waals surface area contributed by atoms with E-state index in [1.54, 1.807) is 7.11 Å². The minimum atomic E-state index is -0.423. The molecule has 0 aliphatic heterocycles. The molecule has 2 aromatic carbocycles. The number of hydrogen-bond donors (Lipinski definition) is 1. The van der Waals surface area contributed by atoms with E-state index in [0.717, 1.165) is 52.0 Å². The number of aliphatic hydroxyl groups is 1. The largest absolute Gasteiger partial charge is 0.496 e. The van der Waals surface area contributed by atoms with Crippen LogP contribution in [0.15, 0.2) is 48.5 Å². The first kappa shape index (κ1) is 20.6. The normalized spacial score (nSPS) is 18.6. The Hall–Kier alpha value is -2.14. The number of methoxy groups -OCH3 is 1. The van der Waals surface area contributed by atoms with Crippen molar-refractivity contribution in [3.63, 3.8) is 0 Å². The number of fused-ring (bicyclic) bond motifs is 2. The van der Waals surface area contributed by atoms with E-state index < -0.39 is 6.10 Å². The van der Waals surface area contributed by atoms with Gasteiger partial charge in [-0.1, -0.05) is 30.3 Å². The molecule has 0 spiro atoms. The second-order valence-electron chi connectivity index (χ2n) is 7.63. The summed E-state index contributed by atoms with van der Waals surface area (Å²) in [5, 5.41) is 12.1. The van der Waals surface area contributed by atoms with Crippen LogP contribution in [0.3, 0.4) is 0 Å². The van der Waals surface area contributed by atoms with Crippen molar-refractivity contribution in [1.29, 1.82) is 0 Å². The van der Waals surface area contributed by atoms with Crippen molar-refractivity contribution < 1.29 is 9.84 Å². The molecule has 0 radical (unpaired) electrons. The van der Waals surface area contributed by atoms with Crippen molar-refractivity contribution in [2.75, 3.05) is 21.2 Å². The molecule has 4 nitrogen and oxygen atoms in total. The summed E-state index contributed by atoms with van der Waals surface area (Å²) in [6.45, 7) is 0.778. The third-order valence-electron chi connectivity index (χ3n) is 5.46. The Labute approximate surface area is 172 Å². The van der Waals surface area contributed by atoms with Gasteiger partial charge in [-0.05, 0) is 49.8 Å². The molecule has 1 N–H and O–H groups in total. The van der Waals surface area contributed by atoms with Crippen LogP contribution in [0, 0.1) is 0 Å². The summed E-state index contributed by atoms with van der Waals surface area (Å²) in [5.74, 6) is 0.905. The van der Waals surface area contributed by atoms with E-state index in [1.807, 2.05) is 24.3 Å². The van der Waals surface area contributed by atoms with Crippen LogP contribution >= 0.6 is 12.4 Å². The van der Waals surface area contributed by atoms with Gasteiger partial charge < -0.3 is 14.7 Å². The summed E-state index contributed by atoms with van der Waals surface area (Å²) in [6.07, 6.45) is 0.958. The van der Waals surface area contributed by atoms with Gasteiger partial charge in [-0.15, -0.1) is 12.4 Å². The summed E-state index contributed by atoms with van der Waals surface area (Å²) in [7, 11) is 5.81. The fourth-order valence-electron chi connectivity index (χ4n) is 4.19. The molecule has 5 heteroatoms. The molecular weight excluding hydrogens is 372 g/mol. The topological polar surface area (TPSA) is 45.6 Å². The Morgan fingerprint density at radius 2 is 1.89 bits per heavy atom. The Morgan fingerprint density at radius 1 is 1.11 bits per heavy atom. The first-order valence-corrected chi connectivity index (χ1v) is 9.43. The highest BCUT2D eigenvalue weighted by atomic mass is 35.5. The van der Waals surface area contributed by atoms with Crippen LogP contribution in [0.25, 0.3) is 10.9 Å². The first-order valence-electron chi connectivity index (χ1n) is 9.43. The van der Waals surface area contributed by atoms with Gasteiger partial charge in [-0.2, -0.15) is 0 Å². The number of hydrogen-bond acceptors (Lipinski definition) is 4. The third-order valence-corrected chi connectivity index (χ3v) is 5.46. The monoisotopic (exact) mass is 398 g/mol. The maximum atomic E-state index is 11.0. The van der Waals surface area contributed by atoms with Crippen LogP contribution in [-0.2, 0) is 19.4 Å². The molecule has 0 fully saturated rings. The van der Waals surface area contributed by atoms with E-state index in [2.05, 4.69) is 43.3 Å². The number of halogens is 1. The van der Waals surface area contributed by atoms with E-state index >= 15 is 0 Å². The maximum Gasteiger partial charge on any atom is 0.123 e. The van der Waals surface area contributed by atoms with Crippen LogP contribution < -0.4 is 4.74 Å². The highest BCUT2D eigenvalue weighted by molar-refractivity contribution is 5.85. The highest BCUT2D eigenvalue weighted by Crippen LogP contribution is 2.37. The average Bonchev–Trinajstić information content (AvgIpc) is 2.66. The maximum absolute atomic E-state index is 11.0. The van der Waals surface area contributed by atoms with E-state index in [1.165, 1.54) is 0 Å². The molecule has 0 amide bonds. The molecule has 4 rings (SSSR count). The van der Waals surface area contributed by atoms with Crippen molar-refractivity contribution in [3.8, 4) is 5.75 Å². The molecule has 1 aliphatic carbocycles. The van der Waals surface area contributed by atoms with Gasteiger partial charge >= 0.3 is 0 Å². The zero-order valence-corrected chi connectivity index (χ0v) is 17.4. The zero-order chi connectivity index (χ0) is 19.0. The summed E-state index contributed by atoms with van der Waals surface area (Å²) in [4.78, 5) is 7.04. The van der Waals surface area contributed by atoms with Crippen molar-refractivity contribution in [2.45, 2.75) is 31.4 Å². The molecule has 0 saturated heterocycles. The number of aromatic nitrogens is 1. The van der Waals surface area contributed by atoms with Gasteiger partial charge in [0.05, 0.1) is 18.7 Å². The van der Waals surface area contributed by atoms with E-state index in [0.29, 0.717) is 6.42 Å².